The van der Waals surface area contributed by atoms with Gasteiger partial charge in [0.15, 0.2) is 0 Å². The van der Waals surface area contributed by atoms with Crippen LogP contribution < -0.4 is 41.9 Å². The number of fused-ring (bicyclic) bond motifs is 8. The van der Waals surface area contributed by atoms with Gasteiger partial charge in [-0.3, -0.25) is 9.59 Å². The van der Waals surface area contributed by atoms with Crippen molar-refractivity contribution in [1.29, 1.82) is 0 Å². The molecule has 1 heterocycles. The molecule has 4 aromatic carbocycles. The normalized spacial score (nSPS) is 12.9. The maximum atomic E-state index is 9.64. The number of hydrogen-bond acceptors (Lipinski definition) is 14. The molecule has 0 aliphatic carbocycles. The first-order valence-corrected chi connectivity index (χ1v) is 28.2. The molecule has 5 rings (SSSR count). The number of rotatable bonds is 19. The van der Waals surface area contributed by atoms with Gasteiger partial charge in [0.1, 0.15) is 23.0 Å². The van der Waals surface area contributed by atoms with Crippen LogP contribution in [0, 0.1) is 0 Å². The zero-order valence-corrected chi connectivity index (χ0v) is 48.1. The molecule has 0 atom stereocenters. The minimum absolute atomic E-state index is 0.168. The van der Waals surface area contributed by atoms with Gasteiger partial charge in [0, 0.05) is 0 Å². The molecule has 16 heteroatoms. The van der Waals surface area contributed by atoms with Crippen LogP contribution in [0.3, 0.4) is 0 Å². The molecular formula is C56H82N4O8S4. The average molecular weight is 1070 g/mol. The Balaban J connectivity index is 0.00000129. The average Bonchev–Trinajstić information content (AvgIpc) is 3.27. The van der Waals surface area contributed by atoms with Gasteiger partial charge in [-0.15, -0.1) is 0 Å². The van der Waals surface area contributed by atoms with Crippen LogP contribution in [0.1, 0.15) is 144 Å². The fraction of sp³-hybridized carbons (Fsp3) is 0.536. The third kappa shape index (κ3) is 18.0. The predicted molar refractivity (Wildman–Crippen MR) is 298 cm³/mol. The van der Waals surface area contributed by atoms with E-state index in [1.807, 2.05) is 0 Å². The maximum absolute atomic E-state index is 9.64. The summed E-state index contributed by atoms with van der Waals surface area (Å²) in [4.78, 5) is 27.4. The number of nitrogens with two attached hydrogens (primary N) is 4. The maximum Gasteiger partial charge on any atom is 0.303 e. The number of ether oxygens (including phenoxy) is 4. The van der Waals surface area contributed by atoms with Crippen molar-refractivity contribution in [2.24, 2.45) is 22.9 Å². The Bertz CT molecular complexity index is 2040. The van der Waals surface area contributed by atoms with Crippen LogP contribution >= 0.6 is 47.0 Å². The Hall–Kier alpha value is -3.74. The van der Waals surface area contributed by atoms with Gasteiger partial charge in [0.05, 0.1) is 78.4 Å². The lowest BCUT2D eigenvalue weighted by Crippen LogP contribution is -2.14. The first-order chi connectivity index (χ1) is 33.7. The van der Waals surface area contributed by atoms with Crippen LogP contribution in [0.4, 0.5) is 0 Å². The summed E-state index contributed by atoms with van der Waals surface area (Å²) in [5, 5.41) is 15.8. The van der Waals surface area contributed by atoms with Crippen molar-refractivity contribution >= 4 is 59.0 Å². The summed E-state index contributed by atoms with van der Waals surface area (Å²) >= 11 is 6.82. The van der Waals surface area contributed by atoms with E-state index < -0.39 is 11.9 Å². The van der Waals surface area contributed by atoms with Crippen molar-refractivity contribution in [3.63, 3.8) is 0 Å². The van der Waals surface area contributed by atoms with Gasteiger partial charge in [-0.1, -0.05) is 130 Å². The molecule has 1 aliphatic heterocycles. The van der Waals surface area contributed by atoms with Gasteiger partial charge in [-0.05, 0) is 144 Å². The van der Waals surface area contributed by atoms with E-state index in [4.69, 9.17) is 52.1 Å². The predicted octanol–water partition coefficient (Wildman–Crippen LogP) is 12.6. The smallest absolute Gasteiger partial charge is 0.303 e. The molecule has 4 aromatic rings. The molecule has 1 aliphatic rings. The fourth-order valence-corrected chi connectivity index (χ4v) is 11.7. The summed E-state index contributed by atoms with van der Waals surface area (Å²) in [5.41, 5.74) is 28.5. The second-order valence-corrected chi connectivity index (χ2v) is 26.2. The molecule has 0 saturated carbocycles. The lowest BCUT2D eigenvalue weighted by atomic mass is 9.87. The highest BCUT2D eigenvalue weighted by Crippen LogP contribution is 2.56. The highest BCUT2D eigenvalue weighted by atomic mass is 32.2. The topological polar surface area (TPSA) is 216 Å². The van der Waals surface area contributed by atoms with Crippen molar-refractivity contribution in [3.8, 4) is 23.0 Å². The van der Waals surface area contributed by atoms with E-state index >= 15 is 0 Å². The van der Waals surface area contributed by atoms with Gasteiger partial charge < -0.3 is 52.1 Å². The van der Waals surface area contributed by atoms with Crippen molar-refractivity contribution < 1.29 is 38.7 Å². The highest BCUT2D eigenvalue weighted by molar-refractivity contribution is 8.01. The van der Waals surface area contributed by atoms with E-state index in [1.54, 1.807) is 47.0 Å². The van der Waals surface area contributed by atoms with Crippen LogP contribution in [-0.4, -0.2) is 74.8 Å². The van der Waals surface area contributed by atoms with E-state index in [2.05, 4.69) is 132 Å². The fourth-order valence-electron chi connectivity index (χ4n) is 6.93. The van der Waals surface area contributed by atoms with E-state index in [0.29, 0.717) is 52.6 Å². The second kappa shape index (κ2) is 27.2. The molecule has 12 nitrogen and oxygen atoms in total. The molecule has 0 amide bonds. The van der Waals surface area contributed by atoms with Gasteiger partial charge in [-0.2, -0.15) is 0 Å². The summed E-state index contributed by atoms with van der Waals surface area (Å²) in [6.45, 7) is 31.3. The van der Waals surface area contributed by atoms with Crippen molar-refractivity contribution in [1.82, 2.24) is 0 Å². The third-order valence-electron chi connectivity index (χ3n) is 11.4. The number of hydrogen-bond donors (Lipinski definition) is 6. The highest BCUT2D eigenvalue weighted by Gasteiger charge is 2.30. The zero-order valence-electron chi connectivity index (χ0n) is 44.8. The molecule has 0 aromatic heterocycles. The lowest BCUT2D eigenvalue weighted by Gasteiger charge is -2.28. The van der Waals surface area contributed by atoms with E-state index in [1.165, 1.54) is 22.3 Å². The lowest BCUT2D eigenvalue weighted by molar-refractivity contribution is -0.143. The summed E-state index contributed by atoms with van der Waals surface area (Å²) < 4.78 is 27.6. The van der Waals surface area contributed by atoms with E-state index in [9.17, 15) is 9.59 Å². The van der Waals surface area contributed by atoms with Crippen LogP contribution in [-0.2, 0) is 31.2 Å². The van der Waals surface area contributed by atoms with Crippen molar-refractivity contribution in [2.45, 2.75) is 182 Å². The van der Waals surface area contributed by atoms with E-state index in [0.717, 1.165) is 87.8 Å². The number of aliphatic carboxylic acids is 2. The molecule has 72 heavy (non-hydrogen) atoms. The molecule has 0 fully saturated rings. The van der Waals surface area contributed by atoms with Gasteiger partial charge in [-0.25, -0.2) is 0 Å². The molecule has 8 bridgehead atoms. The molecule has 398 valence electrons. The van der Waals surface area contributed by atoms with Gasteiger partial charge >= 0.3 is 11.9 Å². The molecule has 0 spiro atoms. The quantitative estimate of drug-likeness (QED) is 0.0424. The first kappa shape index (κ1) is 60.8. The van der Waals surface area contributed by atoms with Crippen LogP contribution in [0.2, 0.25) is 0 Å². The molecule has 0 unspecified atom stereocenters. The van der Waals surface area contributed by atoms with Gasteiger partial charge in [0.2, 0.25) is 0 Å². The minimum atomic E-state index is -1.08. The molecule has 10 N–H and O–H groups in total. The zero-order chi connectivity index (χ0) is 53.6. The van der Waals surface area contributed by atoms with E-state index in [-0.39, 0.29) is 34.5 Å². The van der Waals surface area contributed by atoms with Gasteiger partial charge in [0.25, 0.3) is 0 Å². The first-order valence-electron chi connectivity index (χ1n) is 24.9. The third-order valence-corrected chi connectivity index (χ3v) is 15.5. The largest absolute Gasteiger partial charge is 0.491 e. The Morgan fingerprint density at radius 3 is 0.667 bits per heavy atom. The molecule has 0 radical (unpaired) electrons. The Morgan fingerprint density at radius 2 is 0.542 bits per heavy atom. The number of carboxylic acids is 2. The Kier molecular flexibility index (Phi) is 22.9. The van der Waals surface area contributed by atoms with Crippen LogP contribution in [0.15, 0.2) is 87.7 Å². The summed E-state index contributed by atoms with van der Waals surface area (Å²) in [6.07, 6.45) is 2.30. The minimum Gasteiger partial charge on any atom is -0.491 e. The van der Waals surface area contributed by atoms with Crippen LogP contribution in [0.25, 0.3) is 0 Å². The standard InChI is InChI=1S/C52H76N4O4S4.C4H6O4/c1-49(2,3)33-25-37-45(57-21-13-17-53)38(26-33)62-40-28-35(51(7,8)9)30-42(47(40)59-23-15-19-55)64-44-32-36(52(10,11)12)31-43(48(44)60-24-16-20-56)63-41-29-34(50(4,5)6)27-39(61-37)46(41)58-22-14-18-54;5-3(6)1-2-4(7)8/h25-32H,13-24,53-56H2,1-12H3;1-2H2,(H,5,6)(H,7,8). The summed E-state index contributed by atoms with van der Waals surface area (Å²) in [7, 11) is 0. The number of carboxylic acid groups (broad SMARTS) is 2. The monoisotopic (exact) mass is 1070 g/mol. The Labute approximate surface area is 446 Å². The van der Waals surface area contributed by atoms with Crippen LogP contribution in [0.5, 0.6) is 23.0 Å². The van der Waals surface area contributed by atoms with Crippen molar-refractivity contribution in [2.75, 3.05) is 52.6 Å². The molecular weight excluding hydrogens is 985 g/mol. The second-order valence-electron chi connectivity index (χ2n) is 21.9. The van der Waals surface area contributed by atoms with Crippen molar-refractivity contribution in [3.05, 3.63) is 70.8 Å². The molecule has 0 saturated heterocycles. The SMILES string of the molecule is CC(C)(C)c1cc2c(OCCCN)c(c1)Sc1cc(C(C)(C)C)cc(c1OCCCN)Sc1cc(C(C)(C)C)cc(c1OCCCN)Sc1cc(C(C)(C)C)cc(c1OCCCN)S2.O=C(O)CCC(=O)O. The number of benzene rings is 4. The number of carbonyl (C=O) groups is 2. The summed E-state index contributed by atoms with van der Waals surface area (Å²) in [6, 6.07) is 18.5. The summed E-state index contributed by atoms with van der Waals surface area (Å²) in [5.74, 6) is 1.15. The Morgan fingerprint density at radius 1 is 0.375 bits per heavy atom.